The number of terminal acetylenes is 1. The van der Waals surface area contributed by atoms with E-state index in [0.29, 0.717) is 52.9 Å². The fourth-order valence-corrected chi connectivity index (χ4v) is 9.03. The normalized spacial score (nSPS) is 47.0. The molecule has 0 aromatic carbocycles. The van der Waals surface area contributed by atoms with Crippen molar-refractivity contribution >= 4 is 0 Å². The Bertz CT molecular complexity index is 641. The minimum atomic E-state index is -0.352. The van der Waals surface area contributed by atoms with E-state index < -0.39 is 0 Å². The molecular weight excluding hydrogens is 400 g/mol. The molecule has 0 bridgehead atoms. The van der Waals surface area contributed by atoms with Crippen molar-refractivity contribution in [2.75, 3.05) is 19.8 Å². The number of fused-ring (bicyclic) bond motifs is 5. The van der Waals surface area contributed by atoms with Gasteiger partial charge in [-0.3, -0.25) is 0 Å². The molecule has 1 spiro atoms. The molecule has 2 N–H and O–H groups in total. The summed E-state index contributed by atoms with van der Waals surface area (Å²) < 4.78 is 12.1. The zero-order chi connectivity index (χ0) is 23.7. The van der Waals surface area contributed by atoms with E-state index in [2.05, 4.69) is 33.6 Å². The molecule has 4 saturated carbocycles. The number of hydrogen-bond acceptors (Lipinski definition) is 4. The van der Waals surface area contributed by atoms with Crippen LogP contribution < -0.4 is 0 Å². The zero-order valence-corrected chi connectivity index (χ0v) is 21.2. The number of hydrogen-bond donors (Lipinski definition) is 2. The molecule has 0 amide bonds. The van der Waals surface area contributed by atoms with E-state index in [-0.39, 0.29) is 11.9 Å². The van der Waals surface area contributed by atoms with Crippen LogP contribution in [0.5, 0.6) is 0 Å². The number of aliphatic hydroxyl groups is 2. The second kappa shape index (κ2) is 9.95. The average Bonchev–Trinajstić information content (AvgIpc) is 3.41. The van der Waals surface area contributed by atoms with Crippen molar-refractivity contribution in [1.82, 2.24) is 0 Å². The lowest BCUT2D eigenvalue weighted by molar-refractivity contribution is -0.243. The second-order valence-electron chi connectivity index (χ2n) is 11.5. The predicted molar refractivity (Wildman–Crippen MR) is 129 cm³/mol. The van der Waals surface area contributed by atoms with E-state index in [0.717, 1.165) is 32.5 Å². The van der Waals surface area contributed by atoms with Crippen LogP contribution in [0.1, 0.15) is 86.0 Å². The van der Waals surface area contributed by atoms with Crippen molar-refractivity contribution in [2.24, 2.45) is 46.3 Å². The summed E-state index contributed by atoms with van der Waals surface area (Å²) in [6, 6.07) is 0. The molecule has 9 atom stereocenters. The van der Waals surface area contributed by atoms with Crippen molar-refractivity contribution in [1.29, 1.82) is 0 Å². The summed E-state index contributed by atoms with van der Waals surface area (Å²) in [6.07, 6.45) is 16.9. The topological polar surface area (TPSA) is 58.9 Å². The van der Waals surface area contributed by atoms with E-state index in [1.165, 1.54) is 32.1 Å². The lowest BCUT2D eigenvalue weighted by Crippen LogP contribution is -2.60. The molecule has 1 heterocycles. The van der Waals surface area contributed by atoms with Gasteiger partial charge in [0.1, 0.15) is 0 Å². The Balaban J connectivity index is 0.000000686. The molecule has 4 heteroatoms. The smallest absolute Gasteiger partial charge is 0.168 e. The molecule has 0 aromatic rings. The van der Waals surface area contributed by atoms with E-state index in [9.17, 15) is 10.2 Å². The molecular formula is C28H48O4. The Morgan fingerprint density at radius 3 is 2.19 bits per heavy atom. The number of rotatable bonds is 2. The summed E-state index contributed by atoms with van der Waals surface area (Å²) in [7, 11) is 0. The van der Waals surface area contributed by atoms with Gasteiger partial charge in [-0.05, 0) is 84.9 Å². The minimum Gasteiger partial charge on any atom is -0.396 e. The zero-order valence-electron chi connectivity index (χ0n) is 21.2. The van der Waals surface area contributed by atoms with Gasteiger partial charge in [0.15, 0.2) is 5.79 Å². The van der Waals surface area contributed by atoms with E-state index in [1.807, 2.05) is 13.8 Å². The Labute approximate surface area is 196 Å². The van der Waals surface area contributed by atoms with Crippen LogP contribution in [0, 0.1) is 59.2 Å². The summed E-state index contributed by atoms with van der Waals surface area (Å²) in [4.78, 5) is 0. The average molecular weight is 449 g/mol. The van der Waals surface area contributed by atoms with Crippen LogP contribution in [0.15, 0.2) is 0 Å². The molecule has 4 nitrogen and oxygen atoms in total. The van der Waals surface area contributed by atoms with Gasteiger partial charge in [-0.1, -0.05) is 34.6 Å². The van der Waals surface area contributed by atoms with E-state index >= 15 is 0 Å². The third-order valence-electron chi connectivity index (χ3n) is 10.5. The monoisotopic (exact) mass is 448 g/mol. The van der Waals surface area contributed by atoms with E-state index in [4.69, 9.17) is 9.47 Å². The molecule has 0 aromatic heterocycles. The Kier molecular flexibility index (Phi) is 8.08. The van der Waals surface area contributed by atoms with Gasteiger partial charge in [0.2, 0.25) is 0 Å². The first-order valence-electron chi connectivity index (χ1n) is 13.2. The third kappa shape index (κ3) is 3.96. The maximum Gasteiger partial charge on any atom is 0.168 e. The second-order valence-corrected chi connectivity index (χ2v) is 11.5. The quantitative estimate of drug-likeness (QED) is 0.566. The van der Waals surface area contributed by atoms with Crippen molar-refractivity contribution in [3.63, 3.8) is 0 Å². The summed E-state index contributed by atoms with van der Waals surface area (Å²) >= 11 is 0. The molecule has 1 saturated heterocycles. The summed E-state index contributed by atoms with van der Waals surface area (Å²) in [5, 5.41) is 21.2. The molecule has 5 fully saturated rings. The molecule has 5 unspecified atom stereocenters. The van der Waals surface area contributed by atoms with Crippen LogP contribution in [0.2, 0.25) is 0 Å². The van der Waals surface area contributed by atoms with Gasteiger partial charge >= 0.3 is 0 Å². The van der Waals surface area contributed by atoms with Crippen molar-refractivity contribution in [3.05, 3.63) is 0 Å². The van der Waals surface area contributed by atoms with E-state index in [1.54, 1.807) is 0 Å². The summed E-state index contributed by atoms with van der Waals surface area (Å²) in [5.74, 6) is 2.82. The molecule has 32 heavy (non-hydrogen) atoms. The molecule has 5 rings (SSSR count). The predicted octanol–water partition coefficient (Wildman–Crippen LogP) is 5.26. The molecule has 4 aliphatic carbocycles. The standard InChI is InChI=1S/C24H40O4.C2H6.C2H2/c1-15(14-25)17-4-5-18-21-19(6-7-23(17,18)3)22(2)8-9-24(27-10-11-28-24)13-16(22)12-20(21)26;2*1-2/h15-21,25-26H,4-14H2,1-3H3;1-2H3;1-2H/t15-,16?,17?,18?,19?,20-,21?,22+,23-;;/m1../s1. The van der Waals surface area contributed by atoms with Gasteiger partial charge in [0, 0.05) is 19.4 Å². The molecule has 184 valence electrons. The lowest BCUT2D eigenvalue weighted by atomic mass is 9.43. The lowest BCUT2D eigenvalue weighted by Gasteiger charge is -2.63. The highest BCUT2D eigenvalue weighted by atomic mass is 16.7. The Hall–Kier alpha value is -0.600. The highest BCUT2D eigenvalue weighted by molar-refractivity contribution is 5.12. The van der Waals surface area contributed by atoms with Gasteiger partial charge in [-0.15, -0.1) is 12.8 Å². The fourth-order valence-electron chi connectivity index (χ4n) is 9.03. The van der Waals surface area contributed by atoms with Gasteiger partial charge in [0.25, 0.3) is 0 Å². The highest BCUT2D eigenvalue weighted by Crippen LogP contribution is 2.69. The van der Waals surface area contributed by atoms with Crippen LogP contribution >= 0.6 is 0 Å². The SMILES string of the molecule is C#C.CC.C[C@H](CO)C1CCC2C3C(CC[C@@]21C)[C@@]1(C)CCC2(CC1C[C@H]3O)OCCO2. The first-order valence-corrected chi connectivity index (χ1v) is 13.2. The fraction of sp³-hybridized carbons (Fsp3) is 0.929. The summed E-state index contributed by atoms with van der Waals surface area (Å²) in [5.41, 5.74) is 0.605. The maximum absolute atomic E-state index is 11.4. The number of ether oxygens (including phenoxy) is 2. The first-order chi connectivity index (χ1) is 15.3. The van der Waals surface area contributed by atoms with Gasteiger partial charge in [0.05, 0.1) is 19.3 Å². The van der Waals surface area contributed by atoms with Crippen LogP contribution in [0.4, 0.5) is 0 Å². The van der Waals surface area contributed by atoms with Gasteiger partial charge in [-0.2, -0.15) is 0 Å². The Morgan fingerprint density at radius 2 is 1.56 bits per heavy atom. The number of aliphatic hydroxyl groups excluding tert-OH is 2. The van der Waals surface area contributed by atoms with Crippen LogP contribution in [-0.2, 0) is 9.47 Å². The van der Waals surface area contributed by atoms with Crippen molar-refractivity contribution in [2.45, 2.75) is 97.9 Å². The minimum absolute atomic E-state index is 0.188. The highest BCUT2D eigenvalue weighted by Gasteiger charge is 2.64. The van der Waals surface area contributed by atoms with Crippen LogP contribution in [0.25, 0.3) is 0 Å². The molecule has 1 aliphatic heterocycles. The van der Waals surface area contributed by atoms with Gasteiger partial charge < -0.3 is 19.7 Å². The largest absolute Gasteiger partial charge is 0.396 e. The Morgan fingerprint density at radius 1 is 0.938 bits per heavy atom. The molecule has 5 aliphatic rings. The first kappa shape index (κ1) is 26.0. The van der Waals surface area contributed by atoms with Crippen LogP contribution in [-0.4, -0.2) is 41.9 Å². The third-order valence-corrected chi connectivity index (χ3v) is 10.5. The molecule has 0 radical (unpaired) electrons. The van der Waals surface area contributed by atoms with Crippen molar-refractivity contribution < 1.29 is 19.7 Å². The van der Waals surface area contributed by atoms with Crippen molar-refractivity contribution in [3.8, 4) is 12.8 Å². The van der Waals surface area contributed by atoms with Crippen LogP contribution in [0.3, 0.4) is 0 Å². The summed E-state index contributed by atoms with van der Waals surface area (Å²) in [6.45, 7) is 13.0. The maximum atomic E-state index is 11.4. The van der Waals surface area contributed by atoms with Gasteiger partial charge in [-0.25, -0.2) is 0 Å².